The summed E-state index contributed by atoms with van der Waals surface area (Å²) in [6, 6.07) is 16.1. The van der Waals surface area contributed by atoms with Crippen molar-refractivity contribution in [3.05, 3.63) is 97.7 Å². The molecular weight excluding hydrogens is 454 g/mol. The third-order valence-corrected chi connectivity index (χ3v) is 7.10. The number of likely N-dealkylation sites (tertiary alicyclic amines) is 1. The van der Waals surface area contributed by atoms with Crippen LogP contribution in [0.25, 0.3) is 5.76 Å². The van der Waals surface area contributed by atoms with E-state index in [9.17, 15) is 14.7 Å². The van der Waals surface area contributed by atoms with Gasteiger partial charge in [-0.25, -0.2) is 0 Å². The number of benzene rings is 2. The molecule has 170 valence electrons. The number of halogens is 1. The Balaban J connectivity index is 1.91. The summed E-state index contributed by atoms with van der Waals surface area (Å²) < 4.78 is 0. The van der Waals surface area contributed by atoms with Gasteiger partial charge in [-0.05, 0) is 58.7 Å². The minimum absolute atomic E-state index is 0.105. The van der Waals surface area contributed by atoms with E-state index in [0.29, 0.717) is 10.6 Å². The number of aliphatic hydroxyl groups is 1. The lowest BCUT2D eigenvalue weighted by Crippen LogP contribution is -2.28. The van der Waals surface area contributed by atoms with E-state index in [2.05, 4.69) is 20.8 Å². The molecule has 1 fully saturated rings. The molecular formula is C27H26ClNO3S. The number of aliphatic hydroxyl groups excluding tert-OH is 1. The van der Waals surface area contributed by atoms with Gasteiger partial charge in [0.1, 0.15) is 5.76 Å². The van der Waals surface area contributed by atoms with Crippen LogP contribution in [0.2, 0.25) is 5.02 Å². The van der Waals surface area contributed by atoms with Gasteiger partial charge in [0.05, 0.1) is 18.2 Å². The Morgan fingerprint density at radius 2 is 1.79 bits per heavy atom. The van der Waals surface area contributed by atoms with Crippen LogP contribution in [0.15, 0.2) is 65.6 Å². The first-order valence-electron chi connectivity index (χ1n) is 10.8. The van der Waals surface area contributed by atoms with Gasteiger partial charge in [0.15, 0.2) is 0 Å². The Morgan fingerprint density at radius 1 is 1.09 bits per heavy atom. The Morgan fingerprint density at radius 3 is 2.39 bits per heavy atom. The van der Waals surface area contributed by atoms with Crippen molar-refractivity contribution in [3.63, 3.8) is 0 Å². The van der Waals surface area contributed by atoms with Crippen LogP contribution in [-0.2, 0) is 21.5 Å². The van der Waals surface area contributed by atoms with Crippen LogP contribution in [0, 0.1) is 6.92 Å². The molecule has 0 saturated carbocycles. The number of carbonyl (C=O) groups excluding carboxylic acids is 2. The maximum atomic E-state index is 13.3. The largest absolute Gasteiger partial charge is 0.507 e. The summed E-state index contributed by atoms with van der Waals surface area (Å²) in [5.41, 5.74) is 3.12. The summed E-state index contributed by atoms with van der Waals surface area (Å²) in [5.74, 6) is -1.44. The average molecular weight is 480 g/mol. The summed E-state index contributed by atoms with van der Waals surface area (Å²) in [5, 5.41) is 14.0. The van der Waals surface area contributed by atoms with Crippen LogP contribution in [-0.4, -0.2) is 21.7 Å². The van der Waals surface area contributed by atoms with E-state index in [-0.39, 0.29) is 23.3 Å². The van der Waals surface area contributed by atoms with Gasteiger partial charge >= 0.3 is 0 Å². The molecule has 0 radical (unpaired) electrons. The van der Waals surface area contributed by atoms with Crippen molar-refractivity contribution in [2.24, 2.45) is 0 Å². The normalized spacial score (nSPS) is 18.2. The Labute approximate surface area is 203 Å². The van der Waals surface area contributed by atoms with Gasteiger partial charge in [0.2, 0.25) is 0 Å². The van der Waals surface area contributed by atoms with Crippen LogP contribution < -0.4 is 0 Å². The molecule has 1 aromatic heterocycles. The first kappa shape index (κ1) is 23.3. The summed E-state index contributed by atoms with van der Waals surface area (Å²) in [6.45, 7) is 8.45. The molecule has 2 heterocycles. The molecule has 1 N–H and O–H groups in total. The fourth-order valence-corrected chi connectivity index (χ4v) is 4.92. The van der Waals surface area contributed by atoms with E-state index in [0.717, 1.165) is 21.6 Å². The Kier molecular flexibility index (Phi) is 6.21. The third-order valence-electron chi connectivity index (χ3n) is 5.99. The molecule has 0 spiro atoms. The number of ketones is 1. The molecule has 1 amide bonds. The van der Waals surface area contributed by atoms with Crippen molar-refractivity contribution in [2.75, 3.05) is 0 Å². The lowest BCUT2D eigenvalue weighted by Gasteiger charge is -2.25. The number of thiophene rings is 1. The van der Waals surface area contributed by atoms with E-state index in [1.165, 1.54) is 16.2 Å². The lowest BCUT2D eigenvalue weighted by molar-refractivity contribution is -0.140. The smallest absolute Gasteiger partial charge is 0.295 e. The summed E-state index contributed by atoms with van der Waals surface area (Å²) in [4.78, 5) is 28.9. The van der Waals surface area contributed by atoms with Gasteiger partial charge in [-0.2, -0.15) is 0 Å². The first-order chi connectivity index (χ1) is 15.6. The van der Waals surface area contributed by atoms with Gasteiger partial charge in [-0.1, -0.05) is 62.7 Å². The molecule has 4 rings (SSSR count). The Hall–Kier alpha value is -2.89. The zero-order chi connectivity index (χ0) is 23.9. The quantitative estimate of drug-likeness (QED) is 0.259. The SMILES string of the molecule is Cc1ccc(C(C)(C)C)cc1/C(O)=C1\C(=O)C(=O)N(Cc2cccs2)C1c1ccc(Cl)cc1. The fourth-order valence-electron chi connectivity index (χ4n) is 4.09. The number of nitrogens with zero attached hydrogens (tertiary/aromatic N) is 1. The molecule has 33 heavy (non-hydrogen) atoms. The highest BCUT2D eigenvalue weighted by atomic mass is 35.5. The molecule has 3 aromatic rings. The number of Topliss-reactive ketones (excluding diaryl/α,β-unsaturated/α-hetero) is 1. The molecule has 4 nitrogen and oxygen atoms in total. The monoisotopic (exact) mass is 479 g/mol. The molecule has 1 saturated heterocycles. The predicted molar refractivity (Wildman–Crippen MR) is 133 cm³/mol. The zero-order valence-corrected chi connectivity index (χ0v) is 20.6. The van der Waals surface area contributed by atoms with Crippen molar-refractivity contribution in [1.82, 2.24) is 4.90 Å². The van der Waals surface area contributed by atoms with Crippen LogP contribution >= 0.6 is 22.9 Å². The zero-order valence-electron chi connectivity index (χ0n) is 19.1. The van der Waals surface area contributed by atoms with Crippen molar-refractivity contribution < 1.29 is 14.7 Å². The highest BCUT2D eigenvalue weighted by Gasteiger charge is 2.46. The Bertz CT molecular complexity index is 1240. The van der Waals surface area contributed by atoms with Crippen LogP contribution in [0.5, 0.6) is 0 Å². The average Bonchev–Trinajstić information content (AvgIpc) is 3.36. The standard InChI is InChI=1S/C27H26ClNO3S/c1-16-7-10-18(27(2,3)4)14-21(16)24(30)22-23(17-8-11-19(28)12-9-17)29(26(32)25(22)31)15-20-6-5-13-33-20/h5-14,23,30H,15H2,1-4H3/b24-22+. The van der Waals surface area contributed by atoms with E-state index in [1.807, 2.05) is 42.6 Å². The molecule has 1 aliphatic heterocycles. The van der Waals surface area contributed by atoms with Gasteiger partial charge < -0.3 is 10.0 Å². The molecule has 0 aliphatic carbocycles. The lowest BCUT2D eigenvalue weighted by atomic mass is 9.84. The van der Waals surface area contributed by atoms with E-state index in [1.54, 1.807) is 24.3 Å². The molecule has 1 unspecified atom stereocenters. The molecule has 1 aliphatic rings. The van der Waals surface area contributed by atoms with E-state index in [4.69, 9.17) is 11.6 Å². The van der Waals surface area contributed by atoms with E-state index < -0.39 is 17.7 Å². The second-order valence-electron chi connectivity index (χ2n) is 9.34. The highest BCUT2D eigenvalue weighted by molar-refractivity contribution is 7.09. The number of hydrogen-bond acceptors (Lipinski definition) is 4. The fraction of sp³-hybridized carbons (Fsp3) is 0.259. The van der Waals surface area contributed by atoms with Crippen LogP contribution in [0.1, 0.15) is 53.9 Å². The van der Waals surface area contributed by atoms with Gasteiger partial charge in [0.25, 0.3) is 11.7 Å². The summed E-state index contributed by atoms with van der Waals surface area (Å²) in [6.07, 6.45) is 0. The van der Waals surface area contributed by atoms with Crippen molar-refractivity contribution >= 4 is 40.4 Å². The maximum Gasteiger partial charge on any atom is 0.295 e. The van der Waals surface area contributed by atoms with Crippen LogP contribution in [0.4, 0.5) is 0 Å². The maximum absolute atomic E-state index is 13.3. The van der Waals surface area contributed by atoms with Gasteiger partial charge in [-0.3, -0.25) is 9.59 Å². The number of hydrogen-bond donors (Lipinski definition) is 1. The molecule has 6 heteroatoms. The highest BCUT2D eigenvalue weighted by Crippen LogP contribution is 2.41. The topological polar surface area (TPSA) is 57.6 Å². The molecule has 2 aromatic carbocycles. The minimum Gasteiger partial charge on any atom is -0.507 e. The predicted octanol–water partition coefficient (Wildman–Crippen LogP) is 6.63. The third kappa shape index (κ3) is 4.48. The second kappa shape index (κ2) is 8.81. The van der Waals surface area contributed by atoms with Crippen molar-refractivity contribution in [2.45, 2.75) is 45.7 Å². The van der Waals surface area contributed by atoms with Crippen molar-refractivity contribution in [3.8, 4) is 0 Å². The van der Waals surface area contributed by atoms with Gasteiger partial charge in [0, 0.05) is 15.5 Å². The number of aryl methyl sites for hydroxylation is 1. The summed E-state index contributed by atoms with van der Waals surface area (Å²) >= 11 is 7.62. The number of rotatable bonds is 4. The molecule has 1 atom stereocenters. The number of carbonyl (C=O) groups is 2. The van der Waals surface area contributed by atoms with Crippen molar-refractivity contribution in [1.29, 1.82) is 0 Å². The number of amides is 1. The summed E-state index contributed by atoms with van der Waals surface area (Å²) in [7, 11) is 0. The van der Waals surface area contributed by atoms with Crippen LogP contribution in [0.3, 0.4) is 0 Å². The molecule has 0 bridgehead atoms. The minimum atomic E-state index is -0.706. The first-order valence-corrected chi connectivity index (χ1v) is 12.0. The van der Waals surface area contributed by atoms with E-state index >= 15 is 0 Å². The van der Waals surface area contributed by atoms with Gasteiger partial charge in [-0.15, -0.1) is 11.3 Å². The second-order valence-corrected chi connectivity index (χ2v) is 10.8.